The summed E-state index contributed by atoms with van der Waals surface area (Å²) in [7, 11) is 2.20. The van der Waals surface area contributed by atoms with Crippen molar-refractivity contribution < 1.29 is 4.74 Å². The van der Waals surface area contributed by atoms with E-state index in [1.165, 1.54) is 25.9 Å². The number of piperidine rings is 1. The molecule has 0 amide bonds. The van der Waals surface area contributed by atoms with Crippen LogP contribution in [0.2, 0.25) is 0 Å². The van der Waals surface area contributed by atoms with Gasteiger partial charge in [-0.1, -0.05) is 6.92 Å². The lowest BCUT2D eigenvalue weighted by atomic mass is 9.80. The first-order valence-electron chi connectivity index (χ1n) is 7.87. The summed E-state index contributed by atoms with van der Waals surface area (Å²) in [5, 5.41) is 3.56. The van der Waals surface area contributed by atoms with Crippen LogP contribution in [0.1, 0.15) is 33.6 Å². The maximum absolute atomic E-state index is 5.96. The number of rotatable bonds is 5. The van der Waals surface area contributed by atoms with Gasteiger partial charge in [-0.25, -0.2) is 0 Å². The van der Waals surface area contributed by atoms with E-state index in [1.54, 1.807) is 0 Å². The van der Waals surface area contributed by atoms with Crippen molar-refractivity contribution in [3.8, 4) is 5.75 Å². The molecule has 0 bridgehead atoms. The van der Waals surface area contributed by atoms with Crippen LogP contribution in [0.15, 0.2) is 18.2 Å². The van der Waals surface area contributed by atoms with Gasteiger partial charge in [0.15, 0.2) is 0 Å². The van der Waals surface area contributed by atoms with E-state index in [2.05, 4.69) is 24.2 Å². The summed E-state index contributed by atoms with van der Waals surface area (Å²) < 4.78 is 5.74. The fourth-order valence-electron chi connectivity index (χ4n) is 2.65. The molecule has 0 atom stereocenters. The molecule has 0 unspecified atom stereocenters. The second-order valence-electron chi connectivity index (χ2n) is 6.89. The zero-order chi connectivity index (χ0) is 15.5. The summed E-state index contributed by atoms with van der Waals surface area (Å²) in [4.78, 5) is 2.40. The lowest BCUT2D eigenvalue weighted by Crippen LogP contribution is -2.40. The van der Waals surface area contributed by atoms with Crippen molar-refractivity contribution in [3.05, 3.63) is 18.2 Å². The molecule has 1 aromatic carbocycles. The molecule has 21 heavy (non-hydrogen) atoms. The summed E-state index contributed by atoms with van der Waals surface area (Å²) in [6, 6.07) is 5.95. The Morgan fingerprint density at radius 3 is 2.62 bits per heavy atom. The molecule has 3 N–H and O–H groups in total. The molecule has 4 nitrogen and oxygen atoms in total. The molecule has 1 aromatic rings. The maximum atomic E-state index is 5.96. The van der Waals surface area contributed by atoms with Gasteiger partial charge in [0.2, 0.25) is 0 Å². The average molecular weight is 291 g/mol. The van der Waals surface area contributed by atoms with Gasteiger partial charge in [-0.05, 0) is 64.4 Å². The number of likely N-dealkylation sites (tertiary alicyclic amines) is 1. The van der Waals surface area contributed by atoms with Crippen LogP contribution in [0.25, 0.3) is 0 Å². The molecular weight excluding hydrogens is 262 g/mol. The van der Waals surface area contributed by atoms with Crippen LogP contribution in [0.4, 0.5) is 11.4 Å². The summed E-state index contributed by atoms with van der Waals surface area (Å²) >= 11 is 0. The molecule has 0 aromatic heterocycles. The number of nitrogens with one attached hydrogen (secondary N) is 1. The normalized spacial score (nSPS) is 18.7. The van der Waals surface area contributed by atoms with Gasteiger partial charge >= 0.3 is 0 Å². The molecule has 0 spiro atoms. The predicted octanol–water partition coefficient (Wildman–Crippen LogP) is 3.20. The lowest BCUT2D eigenvalue weighted by Gasteiger charge is -2.38. The van der Waals surface area contributed by atoms with Gasteiger partial charge in [-0.3, -0.25) is 0 Å². The highest BCUT2D eigenvalue weighted by atomic mass is 16.5. The molecule has 0 saturated carbocycles. The second kappa shape index (κ2) is 6.56. The van der Waals surface area contributed by atoms with E-state index in [-0.39, 0.29) is 6.10 Å². The van der Waals surface area contributed by atoms with Gasteiger partial charge < -0.3 is 20.7 Å². The number of nitrogen functional groups attached to an aromatic ring is 1. The Labute approximate surface area is 128 Å². The van der Waals surface area contributed by atoms with Crippen LogP contribution >= 0.6 is 0 Å². The van der Waals surface area contributed by atoms with Gasteiger partial charge in [0.1, 0.15) is 5.75 Å². The zero-order valence-electron chi connectivity index (χ0n) is 13.8. The van der Waals surface area contributed by atoms with Crippen LogP contribution in [0.5, 0.6) is 5.75 Å². The van der Waals surface area contributed by atoms with Crippen molar-refractivity contribution in [1.29, 1.82) is 0 Å². The Morgan fingerprint density at radius 2 is 2.00 bits per heavy atom. The smallest absolute Gasteiger partial charge is 0.144 e. The topological polar surface area (TPSA) is 50.5 Å². The van der Waals surface area contributed by atoms with Gasteiger partial charge in [0.25, 0.3) is 0 Å². The largest absolute Gasteiger partial charge is 0.489 e. The number of ether oxygens (including phenoxy) is 1. The Balaban J connectivity index is 1.97. The van der Waals surface area contributed by atoms with E-state index in [1.807, 2.05) is 32.0 Å². The van der Waals surface area contributed by atoms with E-state index in [4.69, 9.17) is 10.5 Å². The van der Waals surface area contributed by atoms with Gasteiger partial charge in [0, 0.05) is 18.3 Å². The minimum atomic E-state index is 0.133. The van der Waals surface area contributed by atoms with Crippen LogP contribution in [0, 0.1) is 5.41 Å². The van der Waals surface area contributed by atoms with E-state index in [9.17, 15) is 0 Å². The van der Waals surface area contributed by atoms with Gasteiger partial charge in [0.05, 0.1) is 11.8 Å². The molecule has 2 rings (SSSR count). The fourth-order valence-corrected chi connectivity index (χ4v) is 2.65. The highest BCUT2D eigenvalue weighted by Gasteiger charge is 2.28. The molecular formula is C17H29N3O. The summed E-state index contributed by atoms with van der Waals surface area (Å²) in [6.45, 7) is 9.75. The van der Waals surface area contributed by atoms with E-state index in [0.29, 0.717) is 11.1 Å². The molecule has 4 heteroatoms. The molecule has 1 fully saturated rings. The molecule has 118 valence electrons. The van der Waals surface area contributed by atoms with Crippen molar-refractivity contribution in [2.24, 2.45) is 5.41 Å². The molecule has 1 aliphatic rings. The monoisotopic (exact) mass is 291 g/mol. The predicted molar refractivity (Wildman–Crippen MR) is 89.9 cm³/mol. The first-order chi connectivity index (χ1) is 9.88. The highest BCUT2D eigenvalue weighted by molar-refractivity contribution is 5.61. The van der Waals surface area contributed by atoms with Crippen LogP contribution in [0.3, 0.4) is 0 Å². The summed E-state index contributed by atoms with van der Waals surface area (Å²) in [5.74, 6) is 0.767. The third-order valence-electron chi connectivity index (χ3n) is 4.29. The minimum Gasteiger partial charge on any atom is -0.489 e. The number of hydrogen-bond donors (Lipinski definition) is 2. The lowest BCUT2D eigenvalue weighted by molar-refractivity contribution is 0.150. The third-order valence-corrected chi connectivity index (χ3v) is 4.29. The number of benzene rings is 1. The Bertz CT molecular complexity index is 465. The van der Waals surface area contributed by atoms with Gasteiger partial charge in [-0.2, -0.15) is 0 Å². The van der Waals surface area contributed by atoms with Crippen LogP contribution in [-0.4, -0.2) is 37.7 Å². The Hall–Kier alpha value is -1.42. The third kappa shape index (κ3) is 4.53. The van der Waals surface area contributed by atoms with Crippen LogP contribution < -0.4 is 15.8 Å². The van der Waals surface area contributed by atoms with Crippen molar-refractivity contribution >= 4 is 11.4 Å². The molecule has 1 heterocycles. The summed E-state index contributed by atoms with van der Waals surface area (Å²) in [6.07, 6.45) is 2.61. The number of anilines is 2. The van der Waals surface area contributed by atoms with Crippen molar-refractivity contribution in [2.75, 3.05) is 37.7 Å². The fraction of sp³-hybridized carbons (Fsp3) is 0.647. The molecule has 0 aliphatic carbocycles. The van der Waals surface area contributed by atoms with Crippen molar-refractivity contribution in [1.82, 2.24) is 4.90 Å². The summed E-state index contributed by atoms with van der Waals surface area (Å²) in [5.41, 5.74) is 8.11. The minimum absolute atomic E-state index is 0.133. The number of nitrogens with two attached hydrogens (primary N) is 1. The molecule has 1 aliphatic heterocycles. The first-order valence-corrected chi connectivity index (χ1v) is 7.87. The van der Waals surface area contributed by atoms with Gasteiger partial charge in [-0.15, -0.1) is 0 Å². The van der Waals surface area contributed by atoms with E-state index < -0.39 is 0 Å². The van der Waals surface area contributed by atoms with E-state index >= 15 is 0 Å². The van der Waals surface area contributed by atoms with Crippen LogP contribution in [-0.2, 0) is 0 Å². The zero-order valence-corrected chi connectivity index (χ0v) is 13.8. The SMILES string of the molecule is CC(C)Oc1cc(NCC2(C)CCN(C)CC2)ccc1N. The first kappa shape index (κ1) is 16.0. The molecule has 1 saturated heterocycles. The standard InChI is InChI=1S/C17H29N3O/c1-13(2)21-16-11-14(5-6-15(16)18)19-12-17(3)7-9-20(4)10-8-17/h5-6,11,13,19H,7-10,12,18H2,1-4H3. The molecule has 0 radical (unpaired) electrons. The van der Waals surface area contributed by atoms with E-state index in [0.717, 1.165) is 18.0 Å². The quantitative estimate of drug-likeness (QED) is 0.818. The Kier molecular flexibility index (Phi) is 4.99. The average Bonchev–Trinajstić information content (AvgIpc) is 2.43. The number of nitrogens with zero attached hydrogens (tertiary/aromatic N) is 1. The van der Waals surface area contributed by atoms with Crippen molar-refractivity contribution in [3.63, 3.8) is 0 Å². The maximum Gasteiger partial charge on any atom is 0.144 e. The second-order valence-corrected chi connectivity index (χ2v) is 6.89. The Morgan fingerprint density at radius 1 is 1.33 bits per heavy atom. The van der Waals surface area contributed by atoms with Crippen molar-refractivity contribution in [2.45, 2.75) is 39.7 Å². The highest BCUT2D eigenvalue weighted by Crippen LogP contribution is 2.32. The number of hydrogen-bond acceptors (Lipinski definition) is 4.